The van der Waals surface area contributed by atoms with E-state index < -0.39 is 11.4 Å². The second-order valence-electron chi connectivity index (χ2n) is 5.76. The second-order valence-corrected chi connectivity index (χ2v) is 5.76. The van der Waals surface area contributed by atoms with Gasteiger partial charge < -0.3 is 15.7 Å². The molecule has 6 heteroatoms. The third-order valence-electron chi connectivity index (χ3n) is 4.28. The van der Waals surface area contributed by atoms with Crippen molar-refractivity contribution in [1.82, 2.24) is 0 Å². The molecule has 1 fully saturated rings. The van der Waals surface area contributed by atoms with E-state index in [4.69, 9.17) is 0 Å². The number of carboxylic acid groups (broad SMARTS) is 1. The average Bonchev–Trinajstić information content (AvgIpc) is 2.72. The van der Waals surface area contributed by atoms with Gasteiger partial charge in [0.15, 0.2) is 0 Å². The lowest BCUT2D eigenvalue weighted by Crippen LogP contribution is -2.41. The molecule has 3 rings (SSSR count). The van der Waals surface area contributed by atoms with Crippen LogP contribution in [-0.4, -0.2) is 22.9 Å². The number of carbonyl (C=O) groups is 3. The van der Waals surface area contributed by atoms with E-state index in [0.717, 1.165) is 17.7 Å². The molecule has 1 aromatic rings. The smallest absolute Gasteiger partial charge is 0.310 e. The maximum absolute atomic E-state index is 12.0. The first-order valence-electron chi connectivity index (χ1n) is 6.95. The lowest BCUT2D eigenvalue weighted by atomic mass is 9.66. The summed E-state index contributed by atoms with van der Waals surface area (Å²) in [4.78, 5) is 34.6. The minimum atomic E-state index is -0.896. The summed E-state index contributed by atoms with van der Waals surface area (Å²) in [5.41, 5.74) is 1.31. The van der Waals surface area contributed by atoms with Gasteiger partial charge in [-0.3, -0.25) is 14.4 Å². The van der Waals surface area contributed by atoms with Gasteiger partial charge in [0.1, 0.15) is 0 Å². The molecule has 1 aromatic carbocycles. The van der Waals surface area contributed by atoms with E-state index in [9.17, 15) is 19.5 Å². The molecule has 1 heterocycles. The minimum Gasteiger partial charge on any atom is -0.481 e. The van der Waals surface area contributed by atoms with Gasteiger partial charge in [-0.2, -0.15) is 0 Å². The quantitative estimate of drug-likeness (QED) is 0.786. The molecule has 2 amide bonds. The Labute approximate surface area is 121 Å². The number of nitrogens with one attached hydrogen (secondary N) is 2. The topological polar surface area (TPSA) is 95.5 Å². The van der Waals surface area contributed by atoms with Crippen molar-refractivity contribution >= 4 is 29.2 Å². The fraction of sp³-hybridized carbons (Fsp3) is 0.400. The van der Waals surface area contributed by atoms with Gasteiger partial charge in [0.2, 0.25) is 11.8 Å². The van der Waals surface area contributed by atoms with E-state index in [1.807, 2.05) is 0 Å². The summed E-state index contributed by atoms with van der Waals surface area (Å²) in [6.45, 7) is 0. The molecule has 0 saturated heterocycles. The lowest BCUT2D eigenvalue weighted by Gasteiger charge is -2.36. The second kappa shape index (κ2) is 4.87. The Balaban J connectivity index is 1.67. The van der Waals surface area contributed by atoms with E-state index in [1.54, 1.807) is 18.2 Å². The van der Waals surface area contributed by atoms with Crippen LogP contribution in [0.25, 0.3) is 0 Å². The predicted octanol–water partition coefficient (Wildman–Crippen LogP) is 1.76. The maximum Gasteiger partial charge on any atom is 0.310 e. The average molecular weight is 288 g/mol. The monoisotopic (exact) mass is 288 g/mol. The van der Waals surface area contributed by atoms with Gasteiger partial charge in [0.25, 0.3) is 0 Å². The highest BCUT2D eigenvalue weighted by Crippen LogP contribution is 2.44. The van der Waals surface area contributed by atoms with Crippen molar-refractivity contribution in [3.05, 3.63) is 23.8 Å². The third-order valence-corrected chi connectivity index (χ3v) is 4.28. The number of carbonyl (C=O) groups excluding carboxylic acids is 2. The number of fused-ring (bicyclic) bond motifs is 1. The first-order valence-corrected chi connectivity index (χ1v) is 6.95. The molecule has 0 spiro atoms. The number of hydrogen-bond donors (Lipinski definition) is 3. The van der Waals surface area contributed by atoms with Gasteiger partial charge in [-0.1, -0.05) is 6.42 Å². The van der Waals surface area contributed by atoms with Gasteiger partial charge in [0.05, 0.1) is 11.8 Å². The summed E-state index contributed by atoms with van der Waals surface area (Å²) in [5, 5.41) is 14.7. The van der Waals surface area contributed by atoms with Crippen molar-refractivity contribution in [2.45, 2.75) is 32.1 Å². The van der Waals surface area contributed by atoms with Gasteiger partial charge in [-0.25, -0.2) is 0 Å². The molecule has 1 aliphatic carbocycles. The first kappa shape index (κ1) is 13.6. The molecule has 0 unspecified atom stereocenters. The number of aliphatic carboxylic acids is 1. The zero-order valence-corrected chi connectivity index (χ0v) is 11.4. The standard InChI is InChI=1S/C15H16N2O4/c18-12-7-9-6-10(2-3-11(9)17-12)16-13(19)8-15(14(20)21)4-1-5-15/h2-3,6H,1,4-5,7-8H2,(H,16,19)(H,17,18)(H,20,21). The number of carboxylic acids is 1. The first-order chi connectivity index (χ1) is 9.98. The number of amides is 2. The molecule has 6 nitrogen and oxygen atoms in total. The molecule has 2 aliphatic rings. The molecule has 1 saturated carbocycles. The number of benzene rings is 1. The van der Waals surface area contributed by atoms with E-state index in [0.29, 0.717) is 24.9 Å². The molecular formula is C15H16N2O4. The van der Waals surface area contributed by atoms with Crippen LogP contribution >= 0.6 is 0 Å². The van der Waals surface area contributed by atoms with Gasteiger partial charge in [-0.05, 0) is 36.6 Å². The zero-order chi connectivity index (χ0) is 15.0. The molecule has 110 valence electrons. The summed E-state index contributed by atoms with van der Waals surface area (Å²) in [5.74, 6) is -1.25. The number of rotatable bonds is 4. The highest BCUT2D eigenvalue weighted by atomic mass is 16.4. The molecule has 21 heavy (non-hydrogen) atoms. The summed E-state index contributed by atoms with van der Waals surface area (Å²) in [6.07, 6.45) is 2.26. The van der Waals surface area contributed by atoms with Crippen LogP contribution in [0, 0.1) is 5.41 Å². The van der Waals surface area contributed by atoms with Crippen molar-refractivity contribution in [3.8, 4) is 0 Å². The summed E-state index contributed by atoms with van der Waals surface area (Å²) < 4.78 is 0. The number of anilines is 2. The Kier molecular flexibility index (Phi) is 3.16. The summed E-state index contributed by atoms with van der Waals surface area (Å²) in [7, 11) is 0. The van der Waals surface area contributed by atoms with Gasteiger partial charge >= 0.3 is 5.97 Å². The van der Waals surface area contributed by atoms with Crippen molar-refractivity contribution < 1.29 is 19.5 Å². The Morgan fingerprint density at radius 3 is 2.71 bits per heavy atom. The van der Waals surface area contributed by atoms with Crippen LogP contribution in [0.1, 0.15) is 31.2 Å². The van der Waals surface area contributed by atoms with E-state index in [2.05, 4.69) is 10.6 Å². The number of hydrogen-bond acceptors (Lipinski definition) is 3. The van der Waals surface area contributed by atoms with Gasteiger partial charge in [0, 0.05) is 17.8 Å². The predicted molar refractivity (Wildman–Crippen MR) is 75.9 cm³/mol. The third kappa shape index (κ3) is 2.49. The van der Waals surface area contributed by atoms with E-state index in [1.165, 1.54) is 0 Å². The molecule has 0 aromatic heterocycles. The molecule has 1 aliphatic heterocycles. The van der Waals surface area contributed by atoms with Crippen LogP contribution in [0.5, 0.6) is 0 Å². The van der Waals surface area contributed by atoms with Gasteiger partial charge in [-0.15, -0.1) is 0 Å². The van der Waals surface area contributed by atoms with Crippen molar-refractivity contribution in [3.63, 3.8) is 0 Å². The molecule has 0 bridgehead atoms. The molecule has 0 atom stereocenters. The Morgan fingerprint density at radius 1 is 1.33 bits per heavy atom. The Bertz CT molecular complexity index is 635. The van der Waals surface area contributed by atoms with Crippen molar-refractivity contribution in [2.75, 3.05) is 10.6 Å². The van der Waals surface area contributed by atoms with Crippen LogP contribution in [0.3, 0.4) is 0 Å². The van der Waals surface area contributed by atoms with Crippen molar-refractivity contribution in [1.29, 1.82) is 0 Å². The Morgan fingerprint density at radius 2 is 2.10 bits per heavy atom. The van der Waals surface area contributed by atoms with Crippen LogP contribution in [0.15, 0.2) is 18.2 Å². The fourth-order valence-corrected chi connectivity index (χ4v) is 2.89. The normalized spacial score (nSPS) is 18.4. The SMILES string of the molecule is O=C(CC1(C(=O)O)CCC1)Nc1ccc2c(c1)CC(=O)N2. The summed E-state index contributed by atoms with van der Waals surface area (Å²) in [6, 6.07) is 5.20. The van der Waals surface area contributed by atoms with Crippen molar-refractivity contribution in [2.24, 2.45) is 5.41 Å². The largest absolute Gasteiger partial charge is 0.481 e. The van der Waals surface area contributed by atoms with E-state index >= 15 is 0 Å². The maximum atomic E-state index is 12.0. The fourth-order valence-electron chi connectivity index (χ4n) is 2.89. The summed E-state index contributed by atoms with van der Waals surface area (Å²) >= 11 is 0. The van der Waals surface area contributed by atoms with Crippen LogP contribution < -0.4 is 10.6 Å². The van der Waals surface area contributed by atoms with Crippen LogP contribution in [0.2, 0.25) is 0 Å². The molecule has 0 radical (unpaired) electrons. The highest BCUT2D eigenvalue weighted by molar-refractivity contribution is 6.00. The van der Waals surface area contributed by atoms with Crippen LogP contribution in [0.4, 0.5) is 11.4 Å². The minimum absolute atomic E-state index is 0.00337. The molecule has 3 N–H and O–H groups in total. The Hall–Kier alpha value is -2.37. The lowest BCUT2D eigenvalue weighted by molar-refractivity contribution is -0.157. The van der Waals surface area contributed by atoms with E-state index in [-0.39, 0.29) is 18.2 Å². The zero-order valence-electron chi connectivity index (χ0n) is 11.4. The highest BCUT2D eigenvalue weighted by Gasteiger charge is 2.45. The molecular weight excluding hydrogens is 272 g/mol. The van der Waals surface area contributed by atoms with Crippen LogP contribution in [-0.2, 0) is 20.8 Å².